The molecule has 0 bridgehead atoms. The highest BCUT2D eigenvalue weighted by molar-refractivity contribution is 7.89. The second-order valence-electron chi connectivity index (χ2n) is 7.47. The van der Waals surface area contributed by atoms with Gasteiger partial charge in [-0.1, -0.05) is 5.16 Å². The molecule has 8 heteroatoms. The van der Waals surface area contributed by atoms with Crippen LogP contribution in [0.15, 0.2) is 27.6 Å². The minimum atomic E-state index is -3.65. The van der Waals surface area contributed by atoms with Crippen LogP contribution < -0.4 is 9.62 Å². The van der Waals surface area contributed by atoms with Crippen molar-refractivity contribution in [1.29, 1.82) is 0 Å². The van der Waals surface area contributed by atoms with E-state index in [0.29, 0.717) is 19.4 Å². The molecule has 27 heavy (non-hydrogen) atoms. The van der Waals surface area contributed by atoms with Gasteiger partial charge >= 0.3 is 0 Å². The quantitative estimate of drug-likeness (QED) is 0.764. The van der Waals surface area contributed by atoms with E-state index in [-0.39, 0.29) is 10.8 Å². The van der Waals surface area contributed by atoms with Crippen molar-refractivity contribution in [3.05, 3.63) is 40.8 Å². The number of anilines is 1. The van der Waals surface area contributed by atoms with Crippen LogP contribution in [0.25, 0.3) is 0 Å². The van der Waals surface area contributed by atoms with Gasteiger partial charge in [0.05, 0.1) is 16.0 Å². The number of aryl methyl sites for hydroxylation is 2. The molecule has 1 amide bonds. The van der Waals surface area contributed by atoms with Gasteiger partial charge in [0.1, 0.15) is 5.76 Å². The Labute approximate surface area is 159 Å². The summed E-state index contributed by atoms with van der Waals surface area (Å²) in [7, 11) is -1.94. The van der Waals surface area contributed by atoms with Crippen LogP contribution in [0.4, 0.5) is 5.69 Å². The molecule has 2 aromatic rings. The van der Waals surface area contributed by atoms with Crippen LogP contribution >= 0.6 is 0 Å². The minimum Gasteiger partial charge on any atom is -0.361 e. The lowest BCUT2D eigenvalue weighted by Gasteiger charge is -2.16. The van der Waals surface area contributed by atoms with E-state index in [9.17, 15) is 13.2 Å². The predicted octanol–water partition coefficient (Wildman–Crippen LogP) is 2.46. The number of aromatic nitrogens is 1. The van der Waals surface area contributed by atoms with Crippen molar-refractivity contribution >= 4 is 21.6 Å². The first-order chi connectivity index (χ1) is 12.6. The van der Waals surface area contributed by atoms with Crippen molar-refractivity contribution in [3.8, 4) is 0 Å². The number of nitrogens with zero attached hydrogens (tertiary/aromatic N) is 2. The minimum absolute atomic E-state index is 0.0422. The number of carbonyl (C=O) groups excluding carboxylic acids is 1. The first-order valence-electron chi connectivity index (χ1n) is 8.90. The molecule has 1 aromatic carbocycles. The molecule has 1 aliphatic rings. The zero-order valence-electron chi connectivity index (χ0n) is 16.3. The van der Waals surface area contributed by atoms with E-state index >= 15 is 0 Å². The van der Waals surface area contributed by atoms with Gasteiger partial charge in [0.15, 0.2) is 0 Å². The molecule has 0 spiro atoms. The van der Waals surface area contributed by atoms with Crippen LogP contribution in [0, 0.1) is 13.8 Å². The largest absolute Gasteiger partial charge is 0.361 e. The van der Waals surface area contributed by atoms with Gasteiger partial charge in [-0.15, -0.1) is 0 Å². The highest BCUT2D eigenvalue weighted by Gasteiger charge is 2.42. The first-order valence-corrected chi connectivity index (χ1v) is 10.4. The third-order valence-electron chi connectivity index (χ3n) is 5.23. The molecule has 0 fully saturated rings. The first kappa shape index (κ1) is 19.6. The van der Waals surface area contributed by atoms with Crippen molar-refractivity contribution in [1.82, 2.24) is 9.88 Å². The second kappa shape index (κ2) is 6.76. The number of amides is 1. The predicted molar refractivity (Wildman–Crippen MR) is 102 cm³/mol. The van der Waals surface area contributed by atoms with Crippen LogP contribution in [0.5, 0.6) is 0 Å². The number of hydrogen-bond donors (Lipinski definition) is 1. The summed E-state index contributed by atoms with van der Waals surface area (Å²) in [4.78, 5) is 14.1. The molecule has 1 aromatic heterocycles. The second-order valence-corrected chi connectivity index (χ2v) is 9.24. The van der Waals surface area contributed by atoms with Crippen molar-refractivity contribution < 1.29 is 17.7 Å². The van der Waals surface area contributed by atoms with Crippen LogP contribution in [0.3, 0.4) is 0 Å². The summed E-state index contributed by atoms with van der Waals surface area (Å²) in [5.74, 6) is 0.726. The van der Waals surface area contributed by atoms with E-state index in [4.69, 9.17) is 4.52 Å². The topological polar surface area (TPSA) is 92.5 Å². The van der Waals surface area contributed by atoms with Gasteiger partial charge in [-0.3, -0.25) is 4.79 Å². The van der Waals surface area contributed by atoms with Gasteiger partial charge in [-0.2, -0.15) is 0 Å². The molecule has 0 radical (unpaired) electrons. The maximum absolute atomic E-state index is 12.7. The number of likely N-dealkylation sites (N-methyl/N-ethyl adjacent to an activating group) is 1. The number of sulfonamides is 1. The number of rotatable bonds is 6. The monoisotopic (exact) mass is 391 g/mol. The lowest BCUT2D eigenvalue weighted by molar-refractivity contribution is -0.121. The molecule has 1 N–H and O–H groups in total. The maximum Gasteiger partial charge on any atom is 0.240 e. The number of carbonyl (C=O) groups is 1. The molecule has 0 saturated heterocycles. The Morgan fingerprint density at radius 2 is 1.96 bits per heavy atom. The van der Waals surface area contributed by atoms with Crippen LogP contribution in [0.1, 0.15) is 42.8 Å². The fourth-order valence-electron chi connectivity index (χ4n) is 3.53. The van der Waals surface area contributed by atoms with E-state index in [2.05, 4.69) is 9.88 Å². The Morgan fingerprint density at radius 1 is 1.26 bits per heavy atom. The van der Waals surface area contributed by atoms with Crippen molar-refractivity contribution in [2.75, 3.05) is 18.5 Å². The Hall–Kier alpha value is -2.19. The molecule has 0 aliphatic carbocycles. The van der Waals surface area contributed by atoms with E-state index in [1.165, 1.54) is 0 Å². The van der Waals surface area contributed by atoms with Gasteiger partial charge < -0.3 is 9.42 Å². The zero-order chi connectivity index (χ0) is 20.0. The molecule has 2 heterocycles. The summed E-state index contributed by atoms with van der Waals surface area (Å²) in [6.45, 7) is 7.66. The van der Waals surface area contributed by atoms with Crippen LogP contribution in [-0.2, 0) is 26.7 Å². The normalized spacial score (nSPS) is 16.0. The molecule has 1 aliphatic heterocycles. The number of nitrogens with one attached hydrogen (secondary N) is 1. The Balaban J connectivity index is 1.71. The molecule has 3 rings (SSSR count). The molecular formula is C19H25N3O4S. The lowest BCUT2D eigenvalue weighted by atomic mass is 9.86. The van der Waals surface area contributed by atoms with Crippen LogP contribution in [0.2, 0.25) is 0 Å². The van der Waals surface area contributed by atoms with Gasteiger partial charge in [0, 0.05) is 24.8 Å². The summed E-state index contributed by atoms with van der Waals surface area (Å²) in [5.41, 5.74) is 2.61. The summed E-state index contributed by atoms with van der Waals surface area (Å²) >= 11 is 0. The Morgan fingerprint density at radius 3 is 2.59 bits per heavy atom. The summed E-state index contributed by atoms with van der Waals surface area (Å²) in [6, 6.07) is 4.84. The van der Waals surface area contributed by atoms with Crippen molar-refractivity contribution in [2.24, 2.45) is 0 Å². The summed E-state index contributed by atoms with van der Waals surface area (Å²) in [6.07, 6.45) is 1.33. The van der Waals surface area contributed by atoms with Gasteiger partial charge in [-0.05, 0) is 64.3 Å². The fraction of sp³-hybridized carbons (Fsp3) is 0.474. The van der Waals surface area contributed by atoms with E-state index in [1.807, 2.05) is 27.7 Å². The average molecular weight is 391 g/mol. The van der Waals surface area contributed by atoms with E-state index in [1.54, 1.807) is 30.1 Å². The fourth-order valence-corrected chi connectivity index (χ4v) is 4.63. The molecular weight excluding hydrogens is 366 g/mol. The zero-order valence-corrected chi connectivity index (χ0v) is 17.1. The Bertz CT molecular complexity index is 973. The van der Waals surface area contributed by atoms with Gasteiger partial charge in [0.25, 0.3) is 0 Å². The van der Waals surface area contributed by atoms with Crippen molar-refractivity contribution in [2.45, 2.75) is 50.8 Å². The Kier molecular flexibility index (Phi) is 4.90. The highest BCUT2D eigenvalue weighted by atomic mass is 32.2. The average Bonchev–Trinajstić information content (AvgIpc) is 3.02. The van der Waals surface area contributed by atoms with Crippen LogP contribution in [-0.4, -0.2) is 33.1 Å². The maximum atomic E-state index is 12.7. The smallest absolute Gasteiger partial charge is 0.240 e. The molecule has 0 unspecified atom stereocenters. The third kappa shape index (κ3) is 3.39. The summed E-state index contributed by atoms with van der Waals surface area (Å²) in [5, 5.41) is 3.91. The van der Waals surface area contributed by atoms with E-state index < -0.39 is 15.4 Å². The lowest BCUT2D eigenvalue weighted by Crippen LogP contribution is -2.33. The number of fused-ring (bicyclic) bond motifs is 1. The molecule has 0 saturated carbocycles. The molecule has 0 atom stereocenters. The third-order valence-corrected chi connectivity index (χ3v) is 6.69. The highest BCUT2D eigenvalue weighted by Crippen LogP contribution is 2.41. The SMILES string of the molecule is Cc1noc(C)c1CCCNS(=O)(=O)c1ccc2c(c1)C(C)(C)C(=O)N2C. The number of benzene rings is 1. The molecule has 146 valence electrons. The summed E-state index contributed by atoms with van der Waals surface area (Å²) < 4.78 is 33.1. The van der Waals surface area contributed by atoms with Crippen molar-refractivity contribution in [3.63, 3.8) is 0 Å². The van der Waals surface area contributed by atoms with Gasteiger partial charge in [0.2, 0.25) is 15.9 Å². The van der Waals surface area contributed by atoms with Gasteiger partial charge in [-0.25, -0.2) is 13.1 Å². The standard InChI is InChI=1S/C19H25N3O4S/c1-12-15(13(2)26-21-12)7-6-10-20-27(24,25)14-8-9-17-16(11-14)19(3,4)18(23)22(17)5/h8-9,11,20H,6-7,10H2,1-5H3. The molecule has 7 nitrogen and oxygen atoms in total. The van der Waals surface area contributed by atoms with E-state index in [0.717, 1.165) is 28.3 Å². The number of hydrogen-bond acceptors (Lipinski definition) is 5.